The van der Waals surface area contributed by atoms with Crippen LogP contribution in [-0.2, 0) is 16.0 Å². The third kappa shape index (κ3) is 6.38. The van der Waals surface area contributed by atoms with Crippen molar-refractivity contribution in [2.75, 3.05) is 34.0 Å². The molecule has 1 N–H and O–H groups in total. The van der Waals surface area contributed by atoms with Gasteiger partial charge in [0.2, 0.25) is 0 Å². The maximum atomic E-state index is 5.77. The molecule has 0 heterocycles. The lowest BCUT2D eigenvalue weighted by atomic mass is 10.2. The smallest absolute Gasteiger partial charge is 0.134 e. The Balaban J connectivity index is 2.49. The number of hydrogen-bond acceptors (Lipinski definition) is 4. The first-order valence-corrected chi connectivity index (χ1v) is 7.10. The molecule has 108 valence electrons. The first-order valence-electron chi connectivity index (χ1n) is 6.31. The van der Waals surface area contributed by atoms with E-state index in [2.05, 4.69) is 33.4 Å². The second kappa shape index (κ2) is 9.31. The van der Waals surface area contributed by atoms with Crippen molar-refractivity contribution in [2.45, 2.75) is 19.6 Å². The van der Waals surface area contributed by atoms with Crippen molar-refractivity contribution in [3.8, 4) is 5.75 Å². The van der Waals surface area contributed by atoms with Crippen molar-refractivity contribution in [1.29, 1.82) is 0 Å². The van der Waals surface area contributed by atoms with E-state index in [0.717, 1.165) is 29.9 Å². The lowest BCUT2D eigenvalue weighted by Crippen LogP contribution is -2.19. The first-order chi connectivity index (χ1) is 9.17. The Hall–Kier alpha value is -0.620. The Kier molecular flexibility index (Phi) is 8.05. The molecular weight excluding hydrogens is 310 g/mol. The van der Waals surface area contributed by atoms with Gasteiger partial charge in [0.05, 0.1) is 17.7 Å². The maximum absolute atomic E-state index is 5.77. The highest BCUT2D eigenvalue weighted by atomic mass is 79.9. The van der Waals surface area contributed by atoms with Gasteiger partial charge in [0.25, 0.3) is 0 Å². The van der Waals surface area contributed by atoms with Crippen molar-refractivity contribution >= 4 is 15.9 Å². The molecule has 0 spiro atoms. The average Bonchev–Trinajstić information content (AvgIpc) is 2.38. The normalized spacial score (nSPS) is 12.4. The summed E-state index contributed by atoms with van der Waals surface area (Å²) in [6.45, 7) is 4.94. The molecule has 1 unspecified atom stereocenters. The van der Waals surface area contributed by atoms with Gasteiger partial charge in [-0.2, -0.15) is 0 Å². The van der Waals surface area contributed by atoms with Crippen molar-refractivity contribution in [1.82, 2.24) is 5.32 Å². The van der Waals surface area contributed by atoms with Crippen molar-refractivity contribution in [3.05, 3.63) is 28.2 Å². The molecule has 0 aliphatic rings. The summed E-state index contributed by atoms with van der Waals surface area (Å²) in [6.07, 6.45) is 0.0342. The summed E-state index contributed by atoms with van der Waals surface area (Å²) in [5, 5.41) is 3.30. The van der Waals surface area contributed by atoms with E-state index in [0.29, 0.717) is 6.61 Å². The summed E-state index contributed by atoms with van der Waals surface area (Å²) in [5.74, 6) is 0.838. The molecule has 0 saturated heterocycles. The van der Waals surface area contributed by atoms with E-state index in [1.807, 2.05) is 13.0 Å². The molecule has 1 atom stereocenters. The van der Waals surface area contributed by atoms with E-state index in [1.165, 1.54) is 5.56 Å². The van der Waals surface area contributed by atoms with Gasteiger partial charge in [0.1, 0.15) is 11.9 Å². The molecule has 0 aromatic heterocycles. The third-order valence-electron chi connectivity index (χ3n) is 2.54. The summed E-state index contributed by atoms with van der Waals surface area (Å²) in [4.78, 5) is 0. The van der Waals surface area contributed by atoms with Gasteiger partial charge in [0.15, 0.2) is 0 Å². The fraction of sp³-hybridized carbons (Fsp3) is 0.571. The number of halogens is 1. The Morgan fingerprint density at radius 3 is 2.68 bits per heavy atom. The number of rotatable bonds is 9. The fourth-order valence-electron chi connectivity index (χ4n) is 1.64. The number of hydrogen-bond donors (Lipinski definition) is 1. The molecule has 1 rings (SSSR count). The molecule has 0 fully saturated rings. The molecule has 0 bridgehead atoms. The van der Waals surface area contributed by atoms with Gasteiger partial charge in [-0.15, -0.1) is 0 Å². The Bertz CT molecular complexity index is 374. The SMILES string of the molecule is COCCNCc1ccc(OC(C)COC)c(Br)c1. The second-order valence-electron chi connectivity index (χ2n) is 4.32. The molecule has 19 heavy (non-hydrogen) atoms. The van der Waals surface area contributed by atoms with E-state index < -0.39 is 0 Å². The quantitative estimate of drug-likeness (QED) is 0.706. The minimum atomic E-state index is 0.0342. The summed E-state index contributed by atoms with van der Waals surface area (Å²) in [6, 6.07) is 6.09. The Morgan fingerprint density at radius 2 is 2.05 bits per heavy atom. The highest BCUT2D eigenvalue weighted by molar-refractivity contribution is 9.10. The van der Waals surface area contributed by atoms with Gasteiger partial charge in [0, 0.05) is 27.3 Å². The zero-order chi connectivity index (χ0) is 14.1. The van der Waals surface area contributed by atoms with E-state index in [4.69, 9.17) is 14.2 Å². The zero-order valence-corrected chi connectivity index (χ0v) is 13.3. The predicted octanol–water partition coefficient (Wildman–Crippen LogP) is 2.60. The van der Waals surface area contributed by atoms with Crippen LogP contribution in [0, 0.1) is 0 Å². The molecule has 4 nitrogen and oxygen atoms in total. The highest BCUT2D eigenvalue weighted by Crippen LogP contribution is 2.27. The van der Waals surface area contributed by atoms with Gasteiger partial charge < -0.3 is 19.5 Å². The number of benzene rings is 1. The van der Waals surface area contributed by atoms with Crippen LogP contribution in [0.1, 0.15) is 12.5 Å². The molecule has 0 aliphatic heterocycles. The summed E-state index contributed by atoms with van der Waals surface area (Å²) >= 11 is 3.53. The lowest BCUT2D eigenvalue weighted by molar-refractivity contribution is 0.0915. The molecule has 0 radical (unpaired) electrons. The number of methoxy groups -OCH3 is 2. The van der Waals surface area contributed by atoms with Crippen LogP contribution >= 0.6 is 15.9 Å². The van der Waals surface area contributed by atoms with Crippen molar-refractivity contribution < 1.29 is 14.2 Å². The minimum absolute atomic E-state index is 0.0342. The van der Waals surface area contributed by atoms with E-state index in [-0.39, 0.29) is 6.10 Å². The molecular formula is C14H22BrNO3. The van der Waals surface area contributed by atoms with E-state index in [1.54, 1.807) is 14.2 Å². The monoisotopic (exact) mass is 331 g/mol. The third-order valence-corrected chi connectivity index (χ3v) is 3.16. The van der Waals surface area contributed by atoms with Gasteiger partial charge in [-0.25, -0.2) is 0 Å². The molecule has 0 amide bonds. The molecule has 1 aromatic carbocycles. The second-order valence-corrected chi connectivity index (χ2v) is 5.17. The lowest BCUT2D eigenvalue weighted by Gasteiger charge is -2.15. The minimum Gasteiger partial charge on any atom is -0.487 e. The number of nitrogens with one attached hydrogen (secondary N) is 1. The molecule has 1 aromatic rings. The zero-order valence-electron chi connectivity index (χ0n) is 11.7. The standard InChI is InChI=1S/C14H22BrNO3/c1-11(10-18-3)19-14-5-4-12(8-13(14)15)9-16-6-7-17-2/h4-5,8,11,16H,6-7,9-10H2,1-3H3. The van der Waals surface area contributed by atoms with Crippen molar-refractivity contribution in [3.63, 3.8) is 0 Å². The van der Waals surface area contributed by atoms with Crippen LogP contribution in [0.3, 0.4) is 0 Å². The number of ether oxygens (including phenoxy) is 3. The van der Waals surface area contributed by atoms with Gasteiger partial charge in [-0.3, -0.25) is 0 Å². The summed E-state index contributed by atoms with van der Waals surface area (Å²) < 4.78 is 16.8. The highest BCUT2D eigenvalue weighted by Gasteiger charge is 2.07. The molecule has 5 heteroatoms. The van der Waals surface area contributed by atoms with E-state index in [9.17, 15) is 0 Å². The molecule has 0 saturated carbocycles. The van der Waals surface area contributed by atoms with Crippen LogP contribution in [0.15, 0.2) is 22.7 Å². The topological polar surface area (TPSA) is 39.7 Å². The van der Waals surface area contributed by atoms with Gasteiger partial charge in [-0.05, 0) is 40.5 Å². The Morgan fingerprint density at radius 1 is 1.26 bits per heavy atom. The maximum Gasteiger partial charge on any atom is 0.134 e. The van der Waals surface area contributed by atoms with Crippen LogP contribution in [0.2, 0.25) is 0 Å². The Labute approximate surface area is 123 Å². The van der Waals surface area contributed by atoms with Crippen LogP contribution in [-0.4, -0.2) is 40.1 Å². The van der Waals surface area contributed by atoms with Crippen LogP contribution in [0.25, 0.3) is 0 Å². The van der Waals surface area contributed by atoms with Gasteiger partial charge in [-0.1, -0.05) is 6.07 Å². The largest absolute Gasteiger partial charge is 0.487 e. The fourth-order valence-corrected chi connectivity index (χ4v) is 2.16. The van der Waals surface area contributed by atoms with E-state index >= 15 is 0 Å². The summed E-state index contributed by atoms with van der Waals surface area (Å²) in [7, 11) is 3.37. The van der Waals surface area contributed by atoms with Gasteiger partial charge >= 0.3 is 0 Å². The van der Waals surface area contributed by atoms with Crippen molar-refractivity contribution in [2.24, 2.45) is 0 Å². The van der Waals surface area contributed by atoms with Crippen LogP contribution < -0.4 is 10.1 Å². The molecule has 0 aliphatic carbocycles. The van der Waals surface area contributed by atoms with Crippen LogP contribution in [0.4, 0.5) is 0 Å². The summed E-state index contributed by atoms with van der Waals surface area (Å²) in [5.41, 5.74) is 1.20. The first kappa shape index (κ1) is 16.4. The average molecular weight is 332 g/mol. The van der Waals surface area contributed by atoms with Crippen LogP contribution in [0.5, 0.6) is 5.75 Å². The predicted molar refractivity (Wildman–Crippen MR) is 79.7 cm³/mol.